The molecule has 0 amide bonds. The maximum Gasteiger partial charge on any atom is 0.338 e. The van der Waals surface area contributed by atoms with Crippen LogP contribution in [0.1, 0.15) is 5.56 Å². The summed E-state index contributed by atoms with van der Waals surface area (Å²) in [6.07, 6.45) is 0.590. The van der Waals surface area contributed by atoms with E-state index in [1.54, 1.807) is 0 Å². The molecule has 2 rings (SSSR count). The van der Waals surface area contributed by atoms with Crippen molar-refractivity contribution in [1.82, 2.24) is 0 Å². The molecule has 2 heterocycles. The summed E-state index contributed by atoms with van der Waals surface area (Å²) in [6, 6.07) is 0. The molecule has 1 aromatic heterocycles. The van der Waals surface area contributed by atoms with E-state index < -0.39 is 0 Å². The van der Waals surface area contributed by atoms with Crippen LogP contribution >= 0.6 is 11.6 Å². The van der Waals surface area contributed by atoms with E-state index in [9.17, 15) is 0 Å². The summed E-state index contributed by atoms with van der Waals surface area (Å²) in [5.74, 6) is 1.50. The van der Waals surface area contributed by atoms with Gasteiger partial charge in [-0.05, 0) is 6.42 Å². The number of hydrogen-bond acceptors (Lipinski definition) is 3. The summed E-state index contributed by atoms with van der Waals surface area (Å²) in [5.41, 5.74) is 0.685. The van der Waals surface area contributed by atoms with E-state index >= 15 is 0 Å². The van der Waals surface area contributed by atoms with E-state index in [4.69, 9.17) is 25.9 Å². The zero-order chi connectivity index (χ0) is 7.14. The quantitative estimate of drug-likeness (QED) is 0.539. The first-order valence-corrected chi connectivity index (χ1v) is 3.45. The van der Waals surface area contributed by atoms with E-state index in [1.807, 2.05) is 0 Å². The molecule has 0 aromatic carbocycles. The van der Waals surface area contributed by atoms with Gasteiger partial charge in [0.2, 0.25) is 5.75 Å². The first kappa shape index (κ1) is 5.92. The Bertz CT molecular complexity index is 262. The number of aromatic hydroxyl groups is 1. The molecule has 54 valence electrons. The fourth-order valence-corrected chi connectivity index (χ4v) is 1.07. The second-order valence-corrected chi connectivity index (χ2v) is 2.42. The van der Waals surface area contributed by atoms with Crippen LogP contribution in [0.5, 0.6) is 17.6 Å². The molecule has 0 saturated carbocycles. The lowest BCUT2D eigenvalue weighted by Crippen LogP contribution is -1.82. The highest BCUT2D eigenvalue weighted by Gasteiger charge is 2.34. The summed E-state index contributed by atoms with van der Waals surface area (Å²) in [6.45, 7) is 0. The third kappa shape index (κ3) is 0.671. The Labute approximate surface area is 62.2 Å². The van der Waals surface area contributed by atoms with Crippen molar-refractivity contribution in [2.75, 3.05) is 5.88 Å². The first-order chi connectivity index (χ1) is 4.83. The third-order valence-electron chi connectivity index (χ3n) is 1.40. The lowest BCUT2D eigenvalue weighted by molar-refractivity contribution is 0.299. The molecule has 0 atom stereocenters. The first-order valence-electron chi connectivity index (χ1n) is 2.91. The van der Waals surface area contributed by atoms with E-state index in [2.05, 4.69) is 0 Å². The maximum absolute atomic E-state index is 9.00. The Hall–Kier alpha value is -0.830. The predicted octanol–water partition coefficient (Wildman–Crippen LogP) is 1.87. The number of halogens is 1. The fraction of sp³-hybridized carbons (Fsp3) is 0.333. The van der Waals surface area contributed by atoms with Crippen LogP contribution in [0.15, 0.2) is 4.42 Å². The molecule has 1 aromatic rings. The number of rotatable bonds is 2. The fourth-order valence-electron chi connectivity index (χ4n) is 0.881. The van der Waals surface area contributed by atoms with Crippen molar-refractivity contribution in [3.05, 3.63) is 5.56 Å². The Balaban J connectivity index is 2.31. The van der Waals surface area contributed by atoms with Gasteiger partial charge in [-0.3, -0.25) is 0 Å². The molecule has 10 heavy (non-hydrogen) atoms. The van der Waals surface area contributed by atoms with Crippen LogP contribution in [0.4, 0.5) is 0 Å². The lowest BCUT2D eigenvalue weighted by atomic mass is 10.2. The molecule has 0 aliphatic carbocycles. The monoisotopic (exact) mass is 160 g/mol. The van der Waals surface area contributed by atoms with E-state index in [1.165, 1.54) is 0 Å². The van der Waals surface area contributed by atoms with Gasteiger partial charge < -0.3 is 14.3 Å². The minimum Gasteiger partial charge on any atom is -0.480 e. The minimum absolute atomic E-state index is 0.0584. The Morgan fingerprint density at radius 2 is 2.30 bits per heavy atom. The van der Waals surface area contributed by atoms with E-state index in [-0.39, 0.29) is 5.95 Å². The van der Waals surface area contributed by atoms with Crippen molar-refractivity contribution >= 4 is 11.6 Å². The van der Waals surface area contributed by atoms with Gasteiger partial charge in [0.15, 0.2) is 0 Å². The van der Waals surface area contributed by atoms with Gasteiger partial charge in [-0.2, -0.15) is 0 Å². The van der Waals surface area contributed by atoms with Crippen molar-refractivity contribution in [3.63, 3.8) is 0 Å². The molecule has 0 radical (unpaired) electrons. The molecule has 0 fully saturated rings. The molecular formula is C6H5ClO3. The van der Waals surface area contributed by atoms with Crippen LogP contribution in [0.2, 0.25) is 0 Å². The maximum atomic E-state index is 9.00. The number of fused-ring (bicyclic) bond motifs is 1. The van der Waals surface area contributed by atoms with Crippen LogP contribution in [-0.4, -0.2) is 11.0 Å². The standard InChI is InChI=1S/C6H5ClO3/c7-2-1-3-4-6(9-4)10-5(3)8/h8H,1-2H2. The summed E-state index contributed by atoms with van der Waals surface area (Å²) < 4.78 is 9.56. The number of alkyl halides is 1. The Morgan fingerprint density at radius 1 is 1.50 bits per heavy atom. The van der Waals surface area contributed by atoms with Crippen molar-refractivity contribution in [2.45, 2.75) is 6.42 Å². The van der Waals surface area contributed by atoms with Gasteiger partial charge in [0, 0.05) is 5.88 Å². The third-order valence-corrected chi connectivity index (χ3v) is 1.59. The zero-order valence-electron chi connectivity index (χ0n) is 5.06. The summed E-state index contributed by atoms with van der Waals surface area (Å²) >= 11 is 5.45. The molecule has 1 N–H and O–H groups in total. The summed E-state index contributed by atoms with van der Waals surface area (Å²) in [4.78, 5) is 0. The highest BCUT2D eigenvalue weighted by atomic mass is 35.5. The van der Waals surface area contributed by atoms with Gasteiger partial charge in [0.05, 0.1) is 5.56 Å². The van der Waals surface area contributed by atoms with Gasteiger partial charge >= 0.3 is 5.95 Å². The van der Waals surface area contributed by atoms with Gasteiger partial charge in [-0.15, -0.1) is 11.6 Å². The number of ether oxygens (including phenoxy) is 1. The number of furan rings is 1. The van der Waals surface area contributed by atoms with E-state index in [0.717, 1.165) is 0 Å². The molecule has 3 nitrogen and oxygen atoms in total. The van der Waals surface area contributed by atoms with Crippen LogP contribution in [0.3, 0.4) is 0 Å². The second kappa shape index (κ2) is 1.83. The minimum atomic E-state index is -0.0584. The topological polar surface area (TPSA) is 45.9 Å². The predicted molar refractivity (Wildman–Crippen MR) is 34.9 cm³/mol. The molecule has 0 unspecified atom stereocenters. The van der Waals surface area contributed by atoms with Crippen LogP contribution in [-0.2, 0) is 6.42 Å². The highest BCUT2D eigenvalue weighted by molar-refractivity contribution is 6.18. The smallest absolute Gasteiger partial charge is 0.338 e. The van der Waals surface area contributed by atoms with Gasteiger partial charge in [-0.1, -0.05) is 0 Å². The van der Waals surface area contributed by atoms with Gasteiger partial charge in [0.1, 0.15) is 0 Å². The Kier molecular flexibility index (Phi) is 1.08. The summed E-state index contributed by atoms with van der Waals surface area (Å²) in [7, 11) is 0. The largest absolute Gasteiger partial charge is 0.480 e. The van der Waals surface area contributed by atoms with Gasteiger partial charge in [0.25, 0.3) is 5.95 Å². The average Bonchev–Trinajstić information content (AvgIpc) is 2.57. The zero-order valence-corrected chi connectivity index (χ0v) is 5.81. The molecule has 0 spiro atoms. The normalized spacial score (nSPS) is 12.5. The molecule has 0 saturated heterocycles. The molecule has 1 aliphatic heterocycles. The molecule has 4 heteroatoms. The lowest BCUT2D eigenvalue weighted by Gasteiger charge is -1.91. The van der Waals surface area contributed by atoms with Crippen LogP contribution in [0, 0.1) is 0 Å². The highest BCUT2D eigenvalue weighted by Crippen LogP contribution is 2.54. The van der Waals surface area contributed by atoms with Gasteiger partial charge in [-0.25, -0.2) is 0 Å². The molecule has 0 bridgehead atoms. The van der Waals surface area contributed by atoms with Crippen LogP contribution < -0.4 is 4.74 Å². The van der Waals surface area contributed by atoms with Crippen LogP contribution in [0.25, 0.3) is 0 Å². The average molecular weight is 161 g/mol. The second-order valence-electron chi connectivity index (χ2n) is 2.04. The number of hydrogen-bond donors (Lipinski definition) is 1. The van der Waals surface area contributed by atoms with Crippen molar-refractivity contribution in [3.8, 4) is 17.6 Å². The molecular weight excluding hydrogens is 156 g/mol. The summed E-state index contributed by atoms with van der Waals surface area (Å²) in [5, 5.41) is 9.00. The van der Waals surface area contributed by atoms with E-state index in [0.29, 0.717) is 29.6 Å². The van der Waals surface area contributed by atoms with Crippen molar-refractivity contribution < 1.29 is 14.3 Å². The molecule has 1 aliphatic rings. The van der Waals surface area contributed by atoms with Crippen molar-refractivity contribution in [2.24, 2.45) is 0 Å². The SMILES string of the molecule is Oc1oc2c(c1CCCl)O2. The Morgan fingerprint density at radius 3 is 2.80 bits per heavy atom. The van der Waals surface area contributed by atoms with Crippen molar-refractivity contribution in [1.29, 1.82) is 0 Å².